The molecular formula is C13H18FNO. The maximum atomic E-state index is 12.9. The van der Waals surface area contributed by atoms with Gasteiger partial charge in [-0.05, 0) is 30.2 Å². The minimum atomic E-state index is -0.295. The molecule has 0 spiro atoms. The molecule has 1 rings (SSSR count). The summed E-state index contributed by atoms with van der Waals surface area (Å²) in [5.41, 5.74) is 6.27. The molecule has 88 valence electrons. The Morgan fingerprint density at radius 1 is 1.50 bits per heavy atom. The van der Waals surface area contributed by atoms with Crippen molar-refractivity contribution in [1.82, 2.24) is 0 Å². The Labute approximate surface area is 95.7 Å². The van der Waals surface area contributed by atoms with Gasteiger partial charge in [0.15, 0.2) is 0 Å². The Kier molecular flexibility index (Phi) is 5.12. The topological polar surface area (TPSA) is 43.1 Å². The molecule has 2 nitrogen and oxygen atoms in total. The normalized spacial score (nSPS) is 12.4. The van der Waals surface area contributed by atoms with Crippen LogP contribution in [0, 0.1) is 11.7 Å². The predicted molar refractivity (Wildman–Crippen MR) is 62.6 cm³/mol. The second kappa shape index (κ2) is 6.38. The minimum absolute atomic E-state index is 0.128. The summed E-state index contributed by atoms with van der Waals surface area (Å²) in [6, 6.07) is 6.17. The first-order valence-corrected chi connectivity index (χ1v) is 5.62. The van der Waals surface area contributed by atoms with Crippen molar-refractivity contribution >= 4 is 5.78 Å². The van der Waals surface area contributed by atoms with Gasteiger partial charge in [0.1, 0.15) is 11.6 Å². The summed E-state index contributed by atoms with van der Waals surface area (Å²) in [6.07, 6.45) is 1.70. The molecule has 0 saturated carbocycles. The monoisotopic (exact) mass is 223 g/mol. The summed E-state index contributed by atoms with van der Waals surface area (Å²) in [5, 5.41) is 0. The van der Waals surface area contributed by atoms with Crippen LogP contribution in [0.25, 0.3) is 0 Å². The Hall–Kier alpha value is -1.22. The van der Waals surface area contributed by atoms with E-state index < -0.39 is 0 Å². The van der Waals surface area contributed by atoms with E-state index in [9.17, 15) is 9.18 Å². The smallest absolute Gasteiger partial charge is 0.137 e. The number of carbonyl (C=O) groups excluding carboxylic acids is 1. The Bertz CT molecular complexity index is 348. The zero-order valence-electron chi connectivity index (χ0n) is 9.58. The molecule has 0 aliphatic heterocycles. The summed E-state index contributed by atoms with van der Waals surface area (Å²) < 4.78 is 12.9. The third-order valence-corrected chi connectivity index (χ3v) is 2.72. The molecule has 0 aliphatic rings. The van der Waals surface area contributed by atoms with Gasteiger partial charge >= 0.3 is 0 Å². The highest BCUT2D eigenvalue weighted by molar-refractivity contribution is 5.81. The van der Waals surface area contributed by atoms with Gasteiger partial charge in [-0.1, -0.05) is 25.5 Å². The Balaban J connectivity index is 2.51. The van der Waals surface area contributed by atoms with Gasteiger partial charge in [-0.25, -0.2) is 4.39 Å². The minimum Gasteiger partial charge on any atom is -0.330 e. The molecule has 16 heavy (non-hydrogen) atoms. The average molecular weight is 223 g/mol. The number of carbonyl (C=O) groups is 1. The van der Waals surface area contributed by atoms with Crippen molar-refractivity contribution in [2.45, 2.75) is 26.2 Å². The number of Topliss-reactive ketones (excluding diaryl/α,β-unsaturated/α-hetero) is 1. The van der Waals surface area contributed by atoms with E-state index in [1.807, 2.05) is 6.92 Å². The zero-order valence-corrected chi connectivity index (χ0v) is 9.58. The third kappa shape index (κ3) is 4.11. The molecule has 1 unspecified atom stereocenters. The molecule has 0 radical (unpaired) electrons. The Morgan fingerprint density at radius 3 is 2.81 bits per heavy atom. The van der Waals surface area contributed by atoms with Crippen LogP contribution >= 0.6 is 0 Å². The number of rotatable bonds is 6. The van der Waals surface area contributed by atoms with Gasteiger partial charge in [0.2, 0.25) is 0 Å². The first-order chi connectivity index (χ1) is 7.65. The highest BCUT2D eigenvalue weighted by Gasteiger charge is 2.11. The molecule has 0 saturated heterocycles. The van der Waals surface area contributed by atoms with Gasteiger partial charge in [0.25, 0.3) is 0 Å². The number of ketones is 1. The van der Waals surface area contributed by atoms with Crippen molar-refractivity contribution in [3.63, 3.8) is 0 Å². The van der Waals surface area contributed by atoms with Crippen LogP contribution in [0.15, 0.2) is 24.3 Å². The quantitative estimate of drug-likeness (QED) is 0.804. The van der Waals surface area contributed by atoms with Crippen LogP contribution < -0.4 is 5.73 Å². The first kappa shape index (κ1) is 12.8. The van der Waals surface area contributed by atoms with Crippen molar-refractivity contribution in [2.24, 2.45) is 11.7 Å². The van der Waals surface area contributed by atoms with Crippen LogP contribution in [0.3, 0.4) is 0 Å². The van der Waals surface area contributed by atoms with Crippen molar-refractivity contribution in [3.8, 4) is 0 Å². The molecule has 3 heteroatoms. The summed E-state index contributed by atoms with van der Waals surface area (Å²) >= 11 is 0. The van der Waals surface area contributed by atoms with Gasteiger partial charge in [-0.2, -0.15) is 0 Å². The van der Waals surface area contributed by atoms with Crippen molar-refractivity contribution in [1.29, 1.82) is 0 Å². The van der Waals surface area contributed by atoms with Crippen LogP contribution in [0.4, 0.5) is 4.39 Å². The van der Waals surface area contributed by atoms with E-state index in [-0.39, 0.29) is 17.5 Å². The molecule has 0 fully saturated rings. The maximum absolute atomic E-state index is 12.9. The standard InChI is InChI=1S/C13H18FNO/c1-2-10(9-15)7-13(16)8-11-4-3-5-12(14)6-11/h3-6,10H,2,7-9,15H2,1H3. The highest BCUT2D eigenvalue weighted by atomic mass is 19.1. The van der Waals surface area contributed by atoms with E-state index in [1.165, 1.54) is 12.1 Å². The molecule has 1 aromatic carbocycles. The van der Waals surface area contributed by atoms with Crippen LogP contribution in [0.1, 0.15) is 25.3 Å². The summed E-state index contributed by atoms with van der Waals surface area (Å²) in [5.74, 6) is 0.0834. The van der Waals surface area contributed by atoms with Gasteiger partial charge in [-0.3, -0.25) is 4.79 Å². The van der Waals surface area contributed by atoms with Gasteiger partial charge in [0, 0.05) is 12.8 Å². The molecule has 0 amide bonds. The van der Waals surface area contributed by atoms with Crippen LogP contribution in [0.2, 0.25) is 0 Å². The molecule has 1 aromatic rings. The number of hydrogen-bond acceptors (Lipinski definition) is 2. The van der Waals surface area contributed by atoms with Crippen LogP contribution in [0.5, 0.6) is 0 Å². The van der Waals surface area contributed by atoms with E-state index in [1.54, 1.807) is 12.1 Å². The van der Waals surface area contributed by atoms with Crippen LogP contribution in [-0.4, -0.2) is 12.3 Å². The number of benzene rings is 1. The maximum Gasteiger partial charge on any atom is 0.137 e. The van der Waals surface area contributed by atoms with Crippen LogP contribution in [-0.2, 0) is 11.2 Å². The second-order valence-corrected chi connectivity index (χ2v) is 4.06. The third-order valence-electron chi connectivity index (χ3n) is 2.72. The lowest BCUT2D eigenvalue weighted by atomic mass is 9.96. The first-order valence-electron chi connectivity index (χ1n) is 5.62. The fourth-order valence-electron chi connectivity index (χ4n) is 1.66. The fourth-order valence-corrected chi connectivity index (χ4v) is 1.66. The summed E-state index contributed by atoms with van der Waals surface area (Å²) in [6.45, 7) is 2.55. The Morgan fingerprint density at radius 2 is 2.25 bits per heavy atom. The van der Waals surface area contributed by atoms with Gasteiger partial charge < -0.3 is 5.73 Å². The van der Waals surface area contributed by atoms with Gasteiger partial charge in [-0.15, -0.1) is 0 Å². The summed E-state index contributed by atoms with van der Waals surface area (Å²) in [4.78, 5) is 11.7. The van der Waals surface area contributed by atoms with E-state index in [4.69, 9.17) is 5.73 Å². The molecule has 2 N–H and O–H groups in total. The lowest BCUT2D eigenvalue weighted by Gasteiger charge is -2.10. The average Bonchev–Trinajstić information content (AvgIpc) is 2.26. The van der Waals surface area contributed by atoms with E-state index in [0.717, 1.165) is 12.0 Å². The largest absolute Gasteiger partial charge is 0.330 e. The van der Waals surface area contributed by atoms with Gasteiger partial charge in [0.05, 0.1) is 0 Å². The number of halogens is 1. The zero-order chi connectivity index (χ0) is 12.0. The molecule has 1 atom stereocenters. The van der Waals surface area contributed by atoms with E-state index in [0.29, 0.717) is 19.4 Å². The molecular weight excluding hydrogens is 205 g/mol. The lowest BCUT2D eigenvalue weighted by Crippen LogP contribution is -2.18. The molecule has 0 bridgehead atoms. The summed E-state index contributed by atoms with van der Waals surface area (Å²) in [7, 11) is 0. The van der Waals surface area contributed by atoms with Crippen molar-refractivity contribution in [2.75, 3.05) is 6.54 Å². The SMILES string of the molecule is CCC(CN)CC(=O)Cc1cccc(F)c1. The number of nitrogens with two attached hydrogens (primary N) is 1. The predicted octanol–water partition coefficient (Wildman–Crippen LogP) is 2.31. The molecule has 0 aromatic heterocycles. The van der Waals surface area contributed by atoms with Crippen molar-refractivity contribution < 1.29 is 9.18 Å². The molecule has 0 heterocycles. The highest BCUT2D eigenvalue weighted by Crippen LogP contribution is 2.11. The van der Waals surface area contributed by atoms with E-state index >= 15 is 0 Å². The number of hydrogen-bond donors (Lipinski definition) is 1. The van der Waals surface area contributed by atoms with Crippen molar-refractivity contribution in [3.05, 3.63) is 35.6 Å². The lowest BCUT2D eigenvalue weighted by molar-refractivity contribution is -0.119. The second-order valence-electron chi connectivity index (χ2n) is 4.06. The molecule has 0 aliphatic carbocycles. The fraction of sp³-hybridized carbons (Fsp3) is 0.462. The van der Waals surface area contributed by atoms with E-state index in [2.05, 4.69) is 0 Å².